The molecule has 20 heavy (non-hydrogen) atoms. The van der Waals surface area contributed by atoms with Crippen LogP contribution in [-0.2, 0) is 4.74 Å². The van der Waals surface area contributed by atoms with Crippen LogP contribution < -0.4 is 4.90 Å². The highest BCUT2D eigenvalue weighted by molar-refractivity contribution is 9.10. The van der Waals surface area contributed by atoms with Crippen LogP contribution in [-0.4, -0.2) is 47.5 Å². The van der Waals surface area contributed by atoms with Crippen molar-refractivity contribution in [2.24, 2.45) is 0 Å². The molecule has 1 aliphatic carbocycles. The van der Waals surface area contributed by atoms with Crippen LogP contribution in [0.15, 0.2) is 10.7 Å². The molecule has 2 fully saturated rings. The summed E-state index contributed by atoms with van der Waals surface area (Å²) in [5.41, 5.74) is -0.676. The Kier molecular flexibility index (Phi) is 3.97. The second-order valence-corrected chi connectivity index (χ2v) is 6.69. The summed E-state index contributed by atoms with van der Waals surface area (Å²) in [6, 6.07) is 1.91. The maximum absolute atomic E-state index is 10.6. The number of halogens is 1. The summed E-state index contributed by atoms with van der Waals surface area (Å²) >= 11 is 3.46. The number of hydrogen-bond acceptors (Lipinski definition) is 5. The van der Waals surface area contributed by atoms with Crippen molar-refractivity contribution >= 4 is 21.7 Å². The van der Waals surface area contributed by atoms with E-state index in [-0.39, 0.29) is 0 Å². The van der Waals surface area contributed by atoms with Gasteiger partial charge in [-0.15, -0.1) is 0 Å². The van der Waals surface area contributed by atoms with Crippen LogP contribution in [0.3, 0.4) is 0 Å². The number of nitrogens with zero attached hydrogens (tertiary/aromatic N) is 3. The Balaban J connectivity index is 1.74. The van der Waals surface area contributed by atoms with Crippen molar-refractivity contribution in [3.05, 3.63) is 16.5 Å². The quantitative estimate of drug-likeness (QED) is 0.850. The van der Waals surface area contributed by atoms with Crippen molar-refractivity contribution in [3.8, 4) is 0 Å². The van der Waals surface area contributed by atoms with Crippen LogP contribution in [0.2, 0.25) is 0 Å². The summed E-state index contributed by atoms with van der Waals surface area (Å²) in [5, 5.41) is 10.6. The molecule has 5 nitrogen and oxygen atoms in total. The van der Waals surface area contributed by atoms with Gasteiger partial charge in [0.15, 0.2) is 0 Å². The van der Waals surface area contributed by atoms with Crippen molar-refractivity contribution in [1.29, 1.82) is 0 Å². The molecule has 0 spiro atoms. The van der Waals surface area contributed by atoms with Crippen molar-refractivity contribution in [2.45, 2.75) is 37.2 Å². The topological polar surface area (TPSA) is 58.5 Å². The highest BCUT2D eigenvalue weighted by Gasteiger charge is 2.32. The van der Waals surface area contributed by atoms with Gasteiger partial charge in [-0.1, -0.05) is 0 Å². The smallest absolute Gasteiger partial charge is 0.135 e. The Morgan fingerprint density at radius 1 is 1.40 bits per heavy atom. The highest BCUT2D eigenvalue weighted by Crippen LogP contribution is 2.39. The highest BCUT2D eigenvalue weighted by atomic mass is 79.9. The molecule has 1 aromatic rings. The molecule has 0 amide bonds. The summed E-state index contributed by atoms with van der Waals surface area (Å²) in [6.45, 7) is 1.83. The zero-order chi connectivity index (χ0) is 14.2. The van der Waals surface area contributed by atoms with Crippen LogP contribution in [0.1, 0.15) is 37.4 Å². The molecule has 0 unspecified atom stereocenters. The molecule has 110 valence electrons. The number of anilines is 1. The maximum Gasteiger partial charge on any atom is 0.135 e. The van der Waals surface area contributed by atoms with Gasteiger partial charge in [-0.3, -0.25) is 0 Å². The Bertz CT molecular complexity index is 487. The lowest BCUT2D eigenvalue weighted by atomic mass is 9.94. The molecule has 2 heterocycles. The van der Waals surface area contributed by atoms with Gasteiger partial charge in [0.2, 0.25) is 0 Å². The molecule has 1 saturated heterocycles. The molecule has 0 radical (unpaired) electrons. The van der Waals surface area contributed by atoms with Crippen LogP contribution in [0, 0.1) is 0 Å². The second kappa shape index (κ2) is 5.58. The molecule has 0 aromatic carbocycles. The van der Waals surface area contributed by atoms with Crippen LogP contribution in [0.4, 0.5) is 5.82 Å². The lowest BCUT2D eigenvalue weighted by Crippen LogP contribution is -2.46. The van der Waals surface area contributed by atoms with E-state index in [0.29, 0.717) is 38.5 Å². The minimum atomic E-state index is -0.676. The van der Waals surface area contributed by atoms with Crippen LogP contribution >= 0.6 is 15.9 Å². The summed E-state index contributed by atoms with van der Waals surface area (Å²) in [4.78, 5) is 11.1. The summed E-state index contributed by atoms with van der Waals surface area (Å²) in [6.07, 6.45) is 3.72. The minimum Gasteiger partial charge on any atom is -0.388 e. The van der Waals surface area contributed by atoms with Gasteiger partial charge in [-0.25, -0.2) is 9.97 Å². The monoisotopic (exact) mass is 341 g/mol. The average Bonchev–Trinajstić information content (AvgIpc) is 3.22. The molecule has 2 aliphatic rings. The Morgan fingerprint density at radius 2 is 2.10 bits per heavy atom. The Labute approximate surface area is 127 Å². The van der Waals surface area contributed by atoms with Gasteiger partial charge in [0.1, 0.15) is 16.2 Å². The summed E-state index contributed by atoms with van der Waals surface area (Å²) in [7, 11) is 1.97. The number of ether oxygens (including phenoxy) is 1. The molecule has 3 rings (SSSR count). The normalized spacial score (nSPS) is 21.8. The van der Waals surface area contributed by atoms with E-state index in [1.165, 1.54) is 12.8 Å². The van der Waals surface area contributed by atoms with E-state index in [4.69, 9.17) is 4.74 Å². The first-order valence-corrected chi connectivity index (χ1v) is 7.91. The zero-order valence-electron chi connectivity index (χ0n) is 11.7. The van der Waals surface area contributed by atoms with E-state index in [1.807, 2.05) is 18.0 Å². The van der Waals surface area contributed by atoms with E-state index < -0.39 is 5.60 Å². The minimum absolute atomic E-state index is 0.519. The van der Waals surface area contributed by atoms with Gasteiger partial charge in [0, 0.05) is 51.6 Å². The molecule has 1 aromatic heterocycles. The number of likely N-dealkylation sites (N-methyl/N-ethyl adjacent to an activating group) is 1. The molecule has 6 heteroatoms. The first kappa shape index (κ1) is 14.2. The first-order valence-electron chi connectivity index (χ1n) is 7.11. The van der Waals surface area contributed by atoms with Gasteiger partial charge in [0.05, 0.1) is 5.60 Å². The number of aliphatic hydroxyl groups is 1. The van der Waals surface area contributed by atoms with Gasteiger partial charge in [-0.05, 0) is 28.8 Å². The first-order chi connectivity index (χ1) is 9.56. The van der Waals surface area contributed by atoms with Gasteiger partial charge < -0.3 is 14.7 Å². The lowest BCUT2D eigenvalue weighted by molar-refractivity contribution is -0.0573. The number of aromatic nitrogens is 2. The second-order valence-electron chi connectivity index (χ2n) is 5.87. The third-order valence-electron chi connectivity index (χ3n) is 3.99. The fraction of sp³-hybridized carbons (Fsp3) is 0.714. The van der Waals surface area contributed by atoms with Crippen molar-refractivity contribution in [2.75, 3.05) is 31.7 Å². The maximum atomic E-state index is 10.6. The van der Waals surface area contributed by atoms with E-state index in [1.54, 1.807) is 0 Å². The standard InChI is InChI=1S/C14H20BrN3O2/c1-18(9-14(19)4-6-20-7-5-14)12-8-11(15)16-13(17-12)10-2-3-10/h8,10,19H,2-7,9H2,1H3. The largest absolute Gasteiger partial charge is 0.388 e. The van der Waals surface area contributed by atoms with Crippen molar-refractivity contribution in [1.82, 2.24) is 9.97 Å². The molecular formula is C14H20BrN3O2. The molecule has 0 bridgehead atoms. The van der Waals surface area contributed by atoms with Gasteiger partial charge in [-0.2, -0.15) is 0 Å². The third kappa shape index (κ3) is 3.30. The van der Waals surface area contributed by atoms with Gasteiger partial charge in [0.25, 0.3) is 0 Å². The fourth-order valence-electron chi connectivity index (χ4n) is 2.57. The lowest BCUT2D eigenvalue weighted by Gasteiger charge is -2.35. The fourth-order valence-corrected chi connectivity index (χ4v) is 2.96. The summed E-state index contributed by atoms with van der Waals surface area (Å²) in [5.74, 6) is 2.31. The number of rotatable bonds is 4. The summed E-state index contributed by atoms with van der Waals surface area (Å²) < 4.78 is 6.13. The van der Waals surface area contributed by atoms with E-state index in [0.717, 1.165) is 16.2 Å². The predicted molar refractivity (Wildman–Crippen MR) is 80.0 cm³/mol. The predicted octanol–water partition coefficient (Wildman–Crippen LogP) is 2.09. The Hall–Kier alpha value is -0.720. The SMILES string of the molecule is CN(CC1(O)CCOCC1)c1cc(Br)nc(C2CC2)n1. The number of hydrogen-bond donors (Lipinski definition) is 1. The zero-order valence-corrected chi connectivity index (χ0v) is 13.3. The molecule has 1 saturated carbocycles. The van der Waals surface area contributed by atoms with Crippen LogP contribution in [0.25, 0.3) is 0 Å². The molecule has 1 N–H and O–H groups in total. The van der Waals surface area contributed by atoms with E-state index in [9.17, 15) is 5.11 Å². The van der Waals surface area contributed by atoms with Gasteiger partial charge >= 0.3 is 0 Å². The molecule has 1 aliphatic heterocycles. The Morgan fingerprint density at radius 3 is 2.75 bits per heavy atom. The van der Waals surface area contributed by atoms with Crippen molar-refractivity contribution < 1.29 is 9.84 Å². The molecular weight excluding hydrogens is 322 g/mol. The van der Waals surface area contributed by atoms with E-state index in [2.05, 4.69) is 25.9 Å². The average molecular weight is 342 g/mol. The third-order valence-corrected chi connectivity index (χ3v) is 4.39. The van der Waals surface area contributed by atoms with Crippen molar-refractivity contribution in [3.63, 3.8) is 0 Å². The van der Waals surface area contributed by atoms with Crippen LogP contribution in [0.5, 0.6) is 0 Å². The molecule has 0 atom stereocenters. The van der Waals surface area contributed by atoms with E-state index >= 15 is 0 Å².